The summed E-state index contributed by atoms with van der Waals surface area (Å²) in [5.41, 5.74) is 3.63. The van der Waals surface area contributed by atoms with Crippen molar-refractivity contribution >= 4 is 10.8 Å². The largest absolute Gasteiger partial charge is 0.312 e. The van der Waals surface area contributed by atoms with Crippen molar-refractivity contribution < 1.29 is 0 Å². The number of nitrogens with zero attached hydrogens (tertiary/aromatic N) is 1. The third kappa shape index (κ3) is 2.49. The summed E-state index contributed by atoms with van der Waals surface area (Å²) in [7, 11) is 0. The van der Waals surface area contributed by atoms with E-state index in [0.29, 0.717) is 0 Å². The molecule has 0 bridgehead atoms. The van der Waals surface area contributed by atoms with Gasteiger partial charge < -0.3 is 4.57 Å². The van der Waals surface area contributed by atoms with Crippen LogP contribution in [-0.4, -0.2) is 4.57 Å². The first-order valence-corrected chi connectivity index (χ1v) is 7.31. The molecule has 0 radical (unpaired) electrons. The first kappa shape index (κ1) is 13.6. The molecule has 21 heavy (non-hydrogen) atoms. The molecular weight excluding hydrogens is 258 g/mol. The van der Waals surface area contributed by atoms with Gasteiger partial charge in [-0.05, 0) is 42.8 Å². The van der Waals surface area contributed by atoms with Crippen molar-refractivity contribution in [3.8, 4) is 0 Å². The number of hydrogen-bond acceptors (Lipinski definition) is 1. The maximum absolute atomic E-state index is 12.7. The average molecular weight is 277 g/mol. The lowest BCUT2D eigenvalue weighted by Crippen LogP contribution is -2.24. The zero-order valence-electron chi connectivity index (χ0n) is 12.5. The number of aromatic nitrogens is 1. The van der Waals surface area contributed by atoms with Gasteiger partial charge in [0.1, 0.15) is 0 Å². The molecule has 0 aliphatic rings. The summed E-state index contributed by atoms with van der Waals surface area (Å²) in [4.78, 5) is 12.7. The lowest BCUT2D eigenvalue weighted by Gasteiger charge is -2.15. The zero-order chi connectivity index (χ0) is 14.8. The Morgan fingerprint density at radius 3 is 2.19 bits per heavy atom. The molecule has 1 aromatic heterocycles. The van der Waals surface area contributed by atoms with E-state index in [1.807, 2.05) is 54.0 Å². The quantitative estimate of drug-likeness (QED) is 0.712. The highest BCUT2D eigenvalue weighted by molar-refractivity contribution is 5.85. The molecule has 0 spiro atoms. The maximum atomic E-state index is 12.7. The van der Waals surface area contributed by atoms with E-state index in [4.69, 9.17) is 0 Å². The molecule has 106 valence electrons. The molecule has 1 heterocycles. The number of fused-ring (bicyclic) bond motifs is 1. The molecule has 0 amide bonds. The average Bonchev–Trinajstić information content (AvgIpc) is 2.54. The highest BCUT2D eigenvalue weighted by Crippen LogP contribution is 2.18. The summed E-state index contributed by atoms with van der Waals surface area (Å²) in [6.07, 6.45) is 0.874. The van der Waals surface area contributed by atoms with Crippen molar-refractivity contribution in [3.05, 3.63) is 81.8 Å². The van der Waals surface area contributed by atoms with Crippen molar-refractivity contribution in [2.75, 3.05) is 0 Å². The van der Waals surface area contributed by atoms with Crippen LogP contribution in [0.15, 0.2) is 59.4 Å². The number of rotatable bonds is 3. The van der Waals surface area contributed by atoms with Gasteiger partial charge in [-0.1, -0.05) is 48.5 Å². The fraction of sp³-hybridized carbons (Fsp3) is 0.211. The van der Waals surface area contributed by atoms with Gasteiger partial charge in [0, 0.05) is 17.6 Å². The van der Waals surface area contributed by atoms with Crippen LogP contribution < -0.4 is 5.56 Å². The monoisotopic (exact) mass is 277 g/mol. The molecule has 0 unspecified atom stereocenters. The van der Waals surface area contributed by atoms with Gasteiger partial charge in [0.05, 0.1) is 0 Å². The zero-order valence-corrected chi connectivity index (χ0v) is 12.5. The molecule has 0 fully saturated rings. The third-order valence-corrected chi connectivity index (χ3v) is 4.22. The van der Waals surface area contributed by atoms with Crippen molar-refractivity contribution in [2.24, 2.45) is 0 Å². The molecule has 2 nitrogen and oxygen atoms in total. The minimum atomic E-state index is 0.115. The second-order valence-corrected chi connectivity index (χ2v) is 5.45. The van der Waals surface area contributed by atoms with Crippen LogP contribution in [0.5, 0.6) is 0 Å². The maximum Gasteiger partial charge on any atom is 0.258 e. The Hall–Kier alpha value is -2.35. The van der Waals surface area contributed by atoms with Gasteiger partial charge in [-0.3, -0.25) is 4.79 Å². The van der Waals surface area contributed by atoms with Gasteiger partial charge in [0.2, 0.25) is 0 Å². The molecule has 0 aliphatic carbocycles. The lowest BCUT2D eigenvalue weighted by molar-refractivity contribution is 0.651. The SMILES string of the molecule is Cc1c(C)n(CCc2ccccc2)c(=O)c2ccccc12. The molecule has 3 aromatic rings. The summed E-state index contributed by atoms with van der Waals surface area (Å²) >= 11 is 0. The Labute approximate surface area is 124 Å². The van der Waals surface area contributed by atoms with Crippen molar-refractivity contribution in [2.45, 2.75) is 26.8 Å². The smallest absolute Gasteiger partial charge is 0.258 e. The fourth-order valence-electron chi connectivity index (χ4n) is 2.85. The number of benzene rings is 2. The van der Waals surface area contributed by atoms with E-state index in [2.05, 4.69) is 19.1 Å². The van der Waals surface area contributed by atoms with E-state index in [1.165, 1.54) is 11.1 Å². The molecule has 2 aromatic carbocycles. The summed E-state index contributed by atoms with van der Waals surface area (Å²) in [5.74, 6) is 0. The van der Waals surface area contributed by atoms with Crippen molar-refractivity contribution in [1.29, 1.82) is 0 Å². The summed E-state index contributed by atoms with van der Waals surface area (Å²) in [6, 6.07) is 18.2. The Morgan fingerprint density at radius 2 is 1.48 bits per heavy atom. The van der Waals surface area contributed by atoms with Crippen LogP contribution in [0, 0.1) is 13.8 Å². The van der Waals surface area contributed by atoms with Crippen LogP contribution in [0.1, 0.15) is 16.8 Å². The minimum absolute atomic E-state index is 0.115. The fourth-order valence-corrected chi connectivity index (χ4v) is 2.85. The predicted octanol–water partition coefficient (Wildman–Crippen LogP) is 3.86. The summed E-state index contributed by atoms with van der Waals surface area (Å²) in [6.45, 7) is 4.85. The van der Waals surface area contributed by atoms with Crippen LogP contribution >= 0.6 is 0 Å². The first-order chi connectivity index (χ1) is 10.2. The van der Waals surface area contributed by atoms with E-state index in [0.717, 1.165) is 29.4 Å². The van der Waals surface area contributed by atoms with E-state index in [-0.39, 0.29) is 5.56 Å². The van der Waals surface area contributed by atoms with Gasteiger partial charge >= 0.3 is 0 Å². The molecule has 3 rings (SSSR count). The van der Waals surface area contributed by atoms with Gasteiger partial charge in [0.25, 0.3) is 5.56 Å². The topological polar surface area (TPSA) is 22.0 Å². The highest BCUT2D eigenvalue weighted by Gasteiger charge is 2.10. The van der Waals surface area contributed by atoms with E-state index < -0.39 is 0 Å². The summed E-state index contributed by atoms with van der Waals surface area (Å²) in [5, 5.41) is 1.88. The van der Waals surface area contributed by atoms with E-state index in [9.17, 15) is 4.79 Å². The van der Waals surface area contributed by atoms with E-state index >= 15 is 0 Å². The minimum Gasteiger partial charge on any atom is -0.312 e. The van der Waals surface area contributed by atoms with Crippen LogP contribution in [-0.2, 0) is 13.0 Å². The van der Waals surface area contributed by atoms with Gasteiger partial charge in [0.15, 0.2) is 0 Å². The second kappa shape index (κ2) is 5.57. The third-order valence-electron chi connectivity index (χ3n) is 4.22. The second-order valence-electron chi connectivity index (χ2n) is 5.45. The number of aryl methyl sites for hydroxylation is 2. The normalized spacial score (nSPS) is 11.0. The first-order valence-electron chi connectivity index (χ1n) is 7.31. The van der Waals surface area contributed by atoms with Crippen molar-refractivity contribution in [3.63, 3.8) is 0 Å². The van der Waals surface area contributed by atoms with Gasteiger partial charge in [-0.25, -0.2) is 0 Å². The molecule has 2 heteroatoms. The molecule has 0 atom stereocenters. The summed E-state index contributed by atoms with van der Waals surface area (Å²) < 4.78 is 1.91. The molecule has 0 saturated heterocycles. The van der Waals surface area contributed by atoms with Crippen LogP contribution in [0.3, 0.4) is 0 Å². The van der Waals surface area contributed by atoms with Gasteiger partial charge in [-0.15, -0.1) is 0 Å². The lowest BCUT2D eigenvalue weighted by atomic mass is 10.0. The van der Waals surface area contributed by atoms with Crippen LogP contribution in [0.25, 0.3) is 10.8 Å². The van der Waals surface area contributed by atoms with Crippen molar-refractivity contribution in [1.82, 2.24) is 4.57 Å². The highest BCUT2D eigenvalue weighted by atomic mass is 16.1. The Bertz CT molecular complexity index is 831. The van der Waals surface area contributed by atoms with E-state index in [1.54, 1.807) is 0 Å². The molecule has 0 N–H and O–H groups in total. The predicted molar refractivity (Wildman–Crippen MR) is 87.8 cm³/mol. The Kier molecular flexibility index (Phi) is 3.61. The van der Waals surface area contributed by atoms with Crippen LogP contribution in [0.2, 0.25) is 0 Å². The standard InChI is InChI=1S/C19H19NO/c1-14-15(2)20(13-12-16-8-4-3-5-9-16)19(21)18-11-7-6-10-17(14)18/h3-11H,12-13H2,1-2H3. The number of hydrogen-bond donors (Lipinski definition) is 0. The van der Waals surface area contributed by atoms with Crippen LogP contribution in [0.4, 0.5) is 0 Å². The Balaban J connectivity index is 2.04. The molecule has 0 aliphatic heterocycles. The molecular formula is C19H19NO. The Morgan fingerprint density at radius 1 is 0.857 bits per heavy atom. The number of pyridine rings is 1. The molecule has 0 saturated carbocycles. The van der Waals surface area contributed by atoms with Gasteiger partial charge in [-0.2, -0.15) is 0 Å².